The molecule has 0 radical (unpaired) electrons. The van der Waals surface area contributed by atoms with Crippen molar-refractivity contribution in [1.82, 2.24) is 15.1 Å². The molecule has 3 saturated carbocycles. The maximum absolute atomic E-state index is 15.5. The molecule has 3 aliphatic heterocycles. The van der Waals surface area contributed by atoms with E-state index < -0.39 is 107 Å². The van der Waals surface area contributed by atoms with Gasteiger partial charge in [0.05, 0.1) is 12.6 Å². The number of hydrogen-bond acceptors (Lipinski definition) is 6. The number of carbonyl (C=O) groups excluding carboxylic acids is 4. The van der Waals surface area contributed by atoms with Gasteiger partial charge in [-0.2, -0.15) is 18.4 Å². The fourth-order valence-corrected chi connectivity index (χ4v) is 8.87. The van der Waals surface area contributed by atoms with Crippen molar-refractivity contribution < 1.29 is 50.3 Å². The Kier molecular flexibility index (Phi) is 6.18. The highest BCUT2D eigenvalue weighted by atomic mass is 19.4. The Labute approximate surface area is 258 Å². The smallest absolute Gasteiger partial charge is 0.471 e. The highest BCUT2D eigenvalue weighted by Crippen LogP contribution is 2.82. The van der Waals surface area contributed by atoms with Crippen LogP contribution in [0.25, 0.3) is 0 Å². The van der Waals surface area contributed by atoms with E-state index in [0.717, 1.165) is 15.9 Å². The predicted octanol–water partition coefficient (Wildman–Crippen LogP) is 2.68. The molecule has 3 aliphatic carbocycles. The Balaban J connectivity index is 1.23. The fourth-order valence-electron chi connectivity index (χ4n) is 8.87. The first-order chi connectivity index (χ1) is 21.3. The lowest BCUT2D eigenvalue weighted by Gasteiger charge is -2.38. The lowest BCUT2D eigenvalue weighted by molar-refractivity contribution is -0.176. The van der Waals surface area contributed by atoms with Crippen LogP contribution in [0, 0.1) is 58.0 Å². The topological polar surface area (TPSA) is 132 Å². The maximum atomic E-state index is 15.5. The number of fused-ring (bicyclic) bond motifs is 5. The van der Waals surface area contributed by atoms with E-state index >= 15 is 4.39 Å². The van der Waals surface area contributed by atoms with Crippen molar-refractivity contribution in [3.63, 3.8) is 0 Å². The van der Waals surface area contributed by atoms with Crippen LogP contribution in [0.4, 0.5) is 32.0 Å². The lowest BCUT2D eigenvalue weighted by Crippen LogP contribution is -2.61. The molecule has 6 aliphatic rings. The summed E-state index contributed by atoms with van der Waals surface area (Å²) in [5, 5.41) is 14.1. The Hall–Kier alpha value is -4.03. The number of anilines is 1. The predicted molar refractivity (Wildman–Crippen MR) is 143 cm³/mol. The quantitative estimate of drug-likeness (QED) is 0.483. The molecule has 0 bridgehead atoms. The van der Waals surface area contributed by atoms with E-state index in [9.17, 15) is 46.4 Å². The number of carbonyl (C=O) groups is 4. The fraction of sp³-hybridized carbons (Fsp3) is 0.633. The molecule has 0 aromatic heterocycles. The van der Waals surface area contributed by atoms with Crippen LogP contribution >= 0.6 is 0 Å². The third-order valence-corrected chi connectivity index (χ3v) is 10.9. The standard InChI is InChI=1S/C30H29F6N5O5/c1-27(2,3)22(39-26(45)30(34,35)36)24(43)40-9-14-13-7-29(33)18(13)19(29)17(14)21(40)23(42)41-10-28(6-12(41)8-37)25(44)38-20-15(32)4-11(31)5-16(20)46-28/h4-5,12-14,17-19,21-22H,6-7,9-10H2,1-3H3,(H,38,44)(H,39,45)/t12-,13-,14+,17+,18?,19+,21-,22+,28+,29+/m0/s1. The van der Waals surface area contributed by atoms with Gasteiger partial charge in [-0.1, -0.05) is 20.8 Å². The average molecular weight is 654 g/mol. The molecule has 1 unspecified atom stereocenters. The first-order valence-corrected chi connectivity index (χ1v) is 14.9. The van der Waals surface area contributed by atoms with Gasteiger partial charge >= 0.3 is 12.1 Å². The zero-order valence-electron chi connectivity index (χ0n) is 24.8. The van der Waals surface area contributed by atoms with Crippen LogP contribution < -0.4 is 15.4 Å². The van der Waals surface area contributed by atoms with Gasteiger partial charge in [-0.25, -0.2) is 13.2 Å². The molecule has 1 aromatic carbocycles. The van der Waals surface area contributed by atoms with Gasteiger partial charge < -0.3 is 25.2 Å². The number of halogens is 6. The maximum Gasteiger partial charge on any atom is 0.471 e. The number of benzene rings is 1. The number of amides is 4. The van der Waals surface area contributed by atoms with E-state index in [1.54, 1.807) is 5.32 Å². The van der Waals surface area contributed by atoms with Gasteiger partial charge in [0.15, 0.2) is 11.6 Å². The van der Waals surface area contributed by atoms with Crippen molar-refractivity contribution in [3.05, 3.63) is 23.8 Å². The van der Waals surface area contributed by atoms with Crippen molar-refractivity contribution in [2.45, 2.75) is 69.2 Å². The second kappa shape index (κ2) is 9.28. The molecular weight excluding hydrogens is 624 g/mol. The zero-order valence-corrected chi connectivity index (χ0v) is 24.8. The molecule has 46 heavy (non-hydrogen) atoms. The number of hydrogen-bond donors (Lipinski definition) is 2. The summed E-state index contributed by atoms with van der Waals surface area (Å²) in [6.45, 7) is 3.71. The summed E-state index contributed by atoms with van der Waals surface area (Å²) in [7, 11) is 0. The summed E-state index contributed by atoms with van der Waals surface area (Å²) in [5.74, 6) is -9.54. The summed E-state index contributed by atoms with van der Waals surface area (Å²) in [6, 6.07) is -1.12. The van der Waals surface area contributed by atoms with E-state index in [2.05, 4.69) is 5.32 Å². The van der Waals surface area contributed by atoms with E-state index in [1.165, 1.54) is 20.8 Å². The number of nitriles is 1. The number of nitrogens with one attached hydrogen (secondary N) is 2. The van der Waals surface area contributed by atoms with Crippen molar-refractivity contribution in [2.24, 2.45) is 35.0 Å². The van der Waals surface area contributed by atoms with Crippen LogP contribution in [0.15, 0.2) is 12.1 Å². The largest absolute Gasteiger partial charge is 0.473 e. The second-order valence-corrected chi connectivity index (χ2v) is 14.4. The molecule has 246 valence electrons. The van der Waals surface area contributed by atoms with Crippen LogP contribution in [-0.4, -0.2) is 82.1 Å². The van der Waals surface area contributed by atoms with Gasteiger partial charge in [-0.05, 0) is 29.6 Å². The highest BCUT2D eigenvalue weighted by molar-refractivity contribution is 6.02. The average Bonchev–Trinajstić information content (AvgIpc) is 3.36. The van der Waals surface area contributed by atoms with Crippen molar-refractivity contribution >= 4 is 29.3 Å². The molecule has 1 aromatic rings. The van der Waals surface area contributed by atoms with Gasteiger partial charge in [-0.3, -0.25) is 19.2 Å². The summed E-state index contributed by atoms with van der Waals surface area (Å²) >= 11 is 0. The number of nitrogens with zero attached hydrogens (tertiary/aromatic N) is 3. The van der Waals surface area contributed by atoms with Crippen molar-refractivity contribution in [3.8, 4) is 11.8 Å². The van der Waals surface area contributed by atoms with Gasteiger partial charge in [0, 0.05) is 36.9 Å². The van der Waals surface area contributed by atoms with Crippen LogP contribution in [-0.2, 0) is 19.2 Å². The van der Waals surface area contributed by atoms with Gasteiger partial charge in [0.2, 0.25) is 17.4 Å². The number of alkyl halides is 4. The first-order valence-electron chi connectivity index (χ1n) is 14.9. The molecular formula is C30H29F6N5O5. The van der Waals surface area contributed by atoms with Crippen molar-refractivity contribution in [2.75, 3.05) is 18.4 Å². The summed E-state index contributed by atoms with van der Waals surface area (Å²) in [5.41, 5.74) is -5.11. The molecule has 16 heteroatoms. The summed E-state index contributed by atoms with van der Waals surface area (Å²) < 4.78 is 89.4. The summed E-state index contributed by atoms with van der Waals surface area (Å²) in [6.07, 6.45) is -5.45. The highest BCUT2D eigenvalue weighted by Gasteiger charge is 2.87. The summed E-state index contributed by atoms with van der Waals surface area (Å²) in [4.78, 5) is 55.9. The SMILES string of the molecule is CC(C)(C)[C@H](NC(=O)C(F)(F)F)C(=O)N1C[C@H]2[C@@H]([C@H]1C(=O)N1C[C@@]3(C[C@H]1C#N)Oc1cc(F)cc(F)c1NC3=O)[C@@H]1C3[C@H]2C[C@@]31F. The van der Waals surface area contributed by atoms with Gasteiger partial charge in [0.25, 0.3) is 5.91 Å². The Bertz CT molecular complexity index is 1640. The van der Waals surface area contributed by atoms with E-state index in [-0.39, 0.29) is 36.5 Å². The second-order valence-electron chi connectivity index (χ2n) is 14.4. The molecule has 5 fully saturated rings. The number of ether oxygens (including phenoxy) is 1. The minimum Gasteiger partial charge on any atom is -0.473 e. The third kappa shape index (κ3) is 4.08. The molecule has 4 amide bonds. The normalized spacial score (nSPS) is 37.3. The molecule has 7 rings (SSSR count). The molecule has 10 atom stereocenters. The van der Waals surface area contributed by atoms with E-state index in [1.807, 2.05) is 6.07 Å². The monoisotopic (exact) mass is 653 g/mol. The Morgan fingerprint density at radius 2 is 1.80 bits per heavy atom. The van der Waals surface area contributed by atoms with Crippen LogP contribution in [0.2, 0.25) is 0 Å². The first kappa shape index (κ1) is 30.6. The molecule has 1 spiro atoms. The van der Waals surface area contributed by atoms with Crippen LogP contribution in [0.3, 0.4) is 0 Å². The minimum absolute atomic E-state index is 0.0682. The van der Waals surface area contributed by atoms with Gasteiger partial charge in [-0.15, -0.1) is 0 Å². The van der Waals surface area contributed by atoms with E-state index in [4.69, 9.17) is 4.74 Å². The number of likely N-dealkylation sites (tertiary alicyclic amines) is 2. The van der Waals surface area contributed by atoms with Crippen LogP contribution in [0.1, 0.15) is 33.6 Å². The van der Waals surface area contributed by atoms with E-state index in [0.29, 0.717) is 6.07 Å². The van der Waals surface area contributed by atoms with Crippen LogP contribution in [0.5, 0.6) is 5.75 Å². The molecule has 2 N–H and O–H groups in total. The number of rotatable bonds is 3. The zero-order chi connectivity index (χ0) is 33.5. The van der Waals surface area contributed by atoms with Crippen molar-refractivity contribution in [1.29, 1.82) is 5.26 Å². The lowest BCUT2D eigenvalue weighted by atomic mass is 9.69. The molecule has 10 nitrogen and oxygen atoms in total. The minimum atomic E-state index is -5.29. The Morgan fingerprint density at radius 1 is 1.11 bits per heavy atom. The molecule has 3 heterocycles. The Morgan fingerprint density at radius 3 is 2.43 bits per heavy atom. The van der Waals surface area contributed by atoms with Gasteiger partial charge in [0.1, 0.15) is 35.3 Å². The third-order valence-electron chi connectivity index (χ3n) is 10.9. The molecule has 2 saturated heterocycles.